The van der Waals surface area contributed by atoms with Crippen molar-refractivity contribution in [3.63, 3.8) is 0 Å². The van der Waals surface area contributed by atoms with Gasteiger partial charge in [0.15, 0.2) is 11.5 Å². The maximum absolute atomic E-state index is 12.5. The molecule has 0 radical (unpaired) electrons. The summed E-state index contributed by atoms with van der Waals surface area (Å²) >= 11 is 0. The summed E-state index contributed by atoms with van der Waals surface area (Å²) in [6, 6.07) is 16.0. The second kappa shape index (κ2) is 12.1. The molecule has 1 saturated heterocycles. The van der Waals surface area contributed by atoms with Crippen LogP contribution in [0.25, 0.3) is 0 Å². The molecule has 0 spiro atoms. The van der Waals surface area contributed by atoms with Gasteiger partial charge in [0.2, 0.25) is 11.8 Å². The molecule has 1 aliphatic rings. The highest BCUT2D eigenvalue weighted by Crippen LogP contribution is 2.28. The van der Waals surface area contributed by atoms with Crippen molar-refractivity contribution in [3.8, 4) is 11.5 Å². The standard InChI is InChI=1S/C26H34N2O4/c1-3-32-23-12-9-21(19-24(23)31-2)10-13-25(29)27-22-15-17-28(18-16-22)26(30)14-11-20-7-5-4-6-8-20/h4-9,12,19,22H,3,10-11,13-18H2,1-2H3,(H,27,29). The van der Waals surface area contributed by atoms with Crippen molar-refractivity contribution in [2.24, 2.45) is 0 Å². The fourth-order valence-electron chi connectivity index (χ4n) is 4.03. The minimum Gasteiger partial charge on any atom is -0.493 e. The van der Waals surface area contributed by atoms with Crippen LogP contribution in [0.5, 0.6) is 11.5 Å². The number of amides is 2. The highest BCUT2D eigenvalue weighted by Gasteiger charge is 2.23. The van der Waals surface area contributed by atoms with Gasteiger partial charge in [-0.15, -0.1) is 0 Å². The van der Waals surface area contributed by atoms with E-state index in [1.54, 1.807) is 7.11 Å². The van der Waals surface area contributed by atoms with Crippen LogP contribution in [0.1, 0.15) is 43.7 Å². The van der Waals surface area contributed by atoms with Gasteiger partial charge in [-0.25, -0.2) is 0 Å². The van der Waals surface area contributed by atoms with Crippen molar-refractivity contribution in [1.82, 2.24) is 10.2 Å². The van der Waals surface area contributed by atoms with Gasteiger partial charge in [0.1, 0.15) is 0 Å². The average Bonchev–Trinajstić information content (AvgIpc) is 2.83. The van der Waals surface area contributed by atoms with Gasteiger partial charge in [-0.2, -0.15) is 0 Å². The van der Waals surface area contributed by atoms with Crippen LogP contribution < -0.4 is 14.8 Å². The van der Waals surface area contributed by atoms with Crippen LogP contribution >= 0.6 is 0 Å². The molecule has 1 aliphatic heterocycles. The lowest BCUT2D eigenvalue weighted by molar-refractivity contribution is -0.132. The number of likely N-dealkylation sites (tertiary alicyclic amines) is 1. The lowest BCUT2D eigenvalue weighted by atomic mass is 10.0. The first-order valence-corrected chi connectivity index (χ1v) is 11.5. The number of nitrogens with zero attached hydrogens (tertiary/aromatic N) is 1. The minimum atomic E-state index is 0.0479. The van der Waals surface area contributed by atoms with E-state index in [4.69, 9.17) is 9.47 Å². The summed E-state index contributed by atoms with van der Waals surface area (Å²) in [5, 5.41) is 3.13. The summed E-state index contributed by atoms with van der Waals surface area (Å²) in [5.41, 5.74) is 2.23. The van der Waals surface area contributed by atoms with Crippen LogP contribution in [-0.2, 0) is 22.4 Å². The molecular weight excluding hydrogens is 404 g/mol. The maximum Gasteiger partial charge on any atom is 0.222 e. The SMILES string of the molecule is CCOc1ccc(CCC(=O)NC2CCN(C(=O)CCc3ccccc3)CC2)cc1OC. The van der Waals surface area contributed by atoms with Gasteiger partial charge in [0, 0.05) is 32.0 Å². The Kier molecular flexibility index (Phi) is 8.96. The van der Waals surface area contributed by atoms with Crippen molar-refractivity contribution in [1.29, 1.82) is 0 Å². The van der Waals surface area contributed by atoms with Crippen LogP contribution in [0.15, 0.2) is 48.5 Å². The number of carbonyl (C=O) groups is 2. The smallest absolute Gasteiger partial charge is 0.222 e. The summed E-state index contributed by atoms with van der Waals surface area (Å²) in [5.74, 6) is 1.65. The van der Waals surface area contributed by atoms with E-state index in [9.17, 15) is 9.59 Å². The Morgan fingerprint density at radius 2 is 1.69 bits per heavy atom. The molecular formula is C26H34N2O4. The molecule has 0 unspecified atom stereocenters. The average molecular weight is 439 g/mol. The number of ether oxygens (including phenoxy) is 2. The lowest BCUT2D eigenvalue weighted by Crippen LogP contribution is -2.46. The Labute approximate surface area is 190 Å². The Bertz CT molecular complexity index is 877. The number of hydrogen-bond acceptors (Lipinski definition) is 4. The zero-order valence-corrected chi connectivity index (χ0v) is 19.1. The molecule has 1 heterocycles. The van der Waals surface area contributed by atoms with Gasteiger partial charge in [0.25, 0.3) is 0 Å². The lowest BCUT2D eigenvalue weighted by Gasteiger charge is -2.32. The third-order valence-corrected chi connectivity index (χ3v) is 5.85. The zero-order chi connectivity index (χ0) is 22.8. The van der Waals surface area contributed by atoms with Crippen LogP contribution in [0.3, 0.4) is 0 Å². The summed E-state index contributed by atoms with van der Waals surface area (Å²) in [6.45, 7) is 3.92. The van der Waals surface area contributed by atoms with Crippen molar-refractivity contribution < 1.29 is 19.1 Å². The van der Waals surface area contributed by atoms with E-state index in [0.717, 1.165) is 24.8 Å². The molecule has 32 heavy (non-hydrogen) atoms. The highest BCUT2D eigenvalue weighted by molar-refractivity contribution is 5.77. The van der Waals surface area contributed by atoms with E-state index >= 15 is 0 Å². The van der Waals surface area contributed by atoms with E-state index in [1.165, 1.54) is 5.56 Å². The zero-order valence-electron chi connectivity index (χ0n) is 19.1. The third-order valence-electron chi connectivity index (χ3n) is 5.85. The highest BCUT2D eigenvalue weighted by atomic mass is 16.5. The van der Waals surface area contributed by atoms with E-state index < -0.39 is 0 Å². The summed E-state index contributed by atoms with van der Waals surface area (Å²) in [6.07, 6.45) is 3.98. The van der Waals surface area contributed by atoms with Crippen LogP contribution in [0.2, 0.25) is 0 Å². The van der Waals surface area contributed by atoms with Crippen molar-refractivity contribution in [3.05, 3.63) is 59.7 Å². The summed E-state index contributed by atoms with van der Waals surface area (Å²) < 4.78 is 10.9. The molecule has 0 atom stereocenters. The maximum atomic E-state index is 12.5. The number of benzene rings is 2. The quantitative estimate of drug-likeness (QED) is 0.613. The Hall–Kier alpha value is -3.02. The Morgan fingerprint density at radius 3 is 2.38 bits per heavy atom. The van der Waals surface area contributed by atoms with Crippen LogP contribution in [0, 0.1) is 0 Å². The second-order valence-electron chi connectivity index (χ2n) is 8.13. The minimum absolute atomic E-state index is 0.0479. The molecule has 0 aromatic heterocycles. The van der Waals surface area contributed by atoms with Crippen LogP contribution in [-0.4, -0.2) is 49.6 Å². The molecule has 2 aromatic rings. The molecule has 0 saturated carbocycles. The summed E-state index contributed by atoms with van der Waals surface area (Å²) in [4.78, 5) is 26.9. The first kappa shape index (κ1) is 23.6. The number of methoxy groups -OCH3 is 1. The number of piperidine rings is 1. The van der Waals surface area contributed by atoms with E-state index in [1.807, 2.05) is 48.2 Å². The fraction of sp³-hybridized carbons (Fsp3) is 0.462. The van der Waals surface area contributed by atoms with E-state index in [2.05, 4.69) is 17.4 Å². The predicted octanol–water partition coefficient (Wildman–Crippen LogP) is 3.77. The summed E-state index contributed by atoms with van der Waals surface area (Å²) in [7, 11) is 1.62. The molecule has 3 rings (SSSR count). The first-order chi connectivity index (χ1) is 15.6. The topological polar surface area (TPSA) is 67.9 Å². The van der Waals surface area contributed by atoms with Crippen molar-refractivity contribution >= 4 is 11.8 Å². The van der Waals surface area contributed by atoms with Gasteiger partial charge >= 0.3 is 0 Å². The second-order valence-corrected chi connectivity index (χ2v) is 8.13. The molecule has 1 N–H and O–H groups in total. The molecule has 0 aliphatic carbocycles. The van der Waals surface area contributed by atoms with Crippen molar-refractivity contribution in [2.75, 3.05) is 26.8 Å². The van der Waals surface area contributed by atoms with Gasteiger partial charge < -0.3 is 19.7 Å². The van der Waals surface area contributed by atoms with Gasteiger partial charge in [-0.05, 0) is 55.9 Å². The predicted molar refractivity (Wildman–Crippen MR) is 125 cm³/mol. The van der Waals surface area contributed by atoms with Gasteiger partial charge in [-0.3, -0.25) is 9.59 Å². The number of aryl methyl sites for hydroxylation is 2. The molecule has 6 nitrogen and oxygen atoms in total. The normalized spacial score (nSPS) is 14.1. The number of rotatable bonds is 10. The first-order valence-electron chi connectivity index (χ1n) is 11.5. The van der Waals surface area contributed by atoms with Gasteiger partial charge in [-0.1, -0.05) is 36.4 Å². The Balaban J connectivity index is 1.37. The largest absolute Gasteiger partial charge is 0.493 e. The molecule has 172 valence electrons. The number of nitrogens with one attached hydrogen (secondary N) is 1. The molecule has 6 heteroatoms. The van der Waals surface area contributed by atoms with E-state index in [-0.39, 0.29) is 17.9 Å². The number of hydrogen-bond donors (Lipinski definition) is 1. The monoisotopic (exact) mass is 438 g/mol. The van der Waals surface area contributed by atoms with Crippen molar-refractivity contribution in [2.45, 2.75) is 51.5 Å². The van der Waals surface area contributed by atoms with E-state index in [0.29, 0.717) is 50.5 Å². The molecule has 2 amide bonds. The van der Waals surface area contributed by atoms with Crippen LogP contribution in [0.4, 0.5) is 0 Å². The molecule has 0 bridgehead atoms. The van der Waals surface area contributed by atoms with Gasteiger partial charge in [0.05, 0.1) is 13.7 Å². The third kappa shape index (κ3) is 7.01. The Morgan fingerprint density at radius 1 is 0.969 bits per heavy atom. The fourth-order valence-corrected chi connectivity index (χ4v) is 4.03. The molecule has 2 aromatic carbocycles. The number of carbonyl (C=O) groups excluding carboxylic acids is 2. The molecule has 1 fully saturated rings.